The van der Waals surface area contributed by atoms with E-state index in [1.807, 2.05) is 12.3 Å². The average molecular weight is 391 g/mol. The van der Waals surface area contributed by atoms with Crippen molar-refractivity contribution in [2.75, 3.05) is 18.5 Å². The number of nitrogens with one attached hydrogen (secondary N) is 1. The fraction of sp³-hybridized carbons (Fsp3) is 0.273. The first-order valence-electron chi connectivity index (χ1n) is 9.57. The van der Waals surface area contributed by atoms with Gasteiger partial charge in [0, 0.05) is 33.6 Å². The number of rotatable bonds is 3. The second kappa shape index (κ2) is 7.04. The van der Waals surface area contributed by atoms with Crippen molar-refractivity contribution in [3.8, 4) is 10.4 Å². The number of carbonyl (C=O) groups excluding carboxylic acids is 1. The Morgan fingerprint density at radius 1 is 1.29 bits per heavy atom. The molecule has 2 aromatic carbocycles. The number of anilines is 1. The van der Waals surface area contributed by atoms with E-state index in [2.05, 4.69) is 46.7 Å². The van der Waals surface area contributed by atoms with Gasteiger partial charge in [0.05, 0.1) is 19.2 Å². The molecule has 2 aliphatic heterocycles. The van der Waals surface area contributed by atoms with Crippen LogP contribution in [0.4, 0.5) is 10.5 Å². The van der Waals surface area contributed by atoms with E-state index in [1.165, 1.54) is 20.5 Å². The highest BCUT2D eigenvalue weighted by Crippen LogP contribution is 2.39. The normalized spacial score (nSPS) is 18.0. The maximum absolute atomic E-state index is 12.7. The quantitative estimate of drug-likeness (QED) is 0.691. The third kappa shape index (κ3) is 2.99. The number of aliphatic hydroxyl groups is 1. The van der Waals surface area contributed by atoms with Gasteiger partial charge in [-0.25, -0.2) is 4.79 Å². The van der Waals surface area contributed by atoms with Crippen molar-refractivity contribution >= 4 is 39.4 Å². The fourth-order valence-electron chi connectivity index (χ4n) is 4.12. The van der Waals surface area contributed by atoms with Gasteiger partial charge in [-0.2, -0.15) is 0 Å². The molecule has 0 spiro atoms. The van der Waals surface area contributed by atoms with Gasteiger partial charge in [0.15, 0.2) is 0 Å². The summed E-state index contributed by atoms with van der Waals surface area (Å²) in [4.78, 5) is 20.1. The summed E-state index contributed by atoms with van der Waals surface area (Å²) in [6.07, 6.45) is 3.67. The van der Waals surface area contributed by atoms with Crippen LogP contribution in [0.5, 0.6) is 0 Å². The van der Waals surface area contributed by atoms with Gasteiger partial charge in [-0.1, -0.05) is 18.2 Å². The van der Waals surface area contributed by atoms with E-state index >= 15 is 0 Å². The predicted octanol–water partition coefficient (Wildman–Crippen LogP) is 4.49. The molecular weight excluding hydrogens is 370 g/mol. The number of urea groups is 1. The molecule has 1 fully saturated rings. The van der Waals surface area contributed by atoms with Crippen molar-refractivity contribution in [2.45, 2.75) is 25.4 Å². The first-order valence-corrected chi connectivity index (χ1v) is 10.4. The fourth-order valence-corrected chi connectivity index (χ4v) is 5.22. The summed E-state index contributed by atoms with van der Waals surface area (Å²) >= 11 is 1.76. The number of thiophene rings is 1. The van der Waals surface area contributed by atoms with Crippen molar-refractivity contribution in [2.24, 2.45) is 4.99 Å². The smallest absolute Gasteiger partial charge is 0.322 e. The minimum atomic E-state index is -0.145. The number of carbonyl (C=O) groups is 1. The molecule has 0 aliphatic carbocycles. The minimum absolute atomic E-state index is 0.0112. The van der Waals surface area contributed by atoms with Gasteiger partial charge in [-0.05, 0) is 53.6 Å². The molecule has 0 unspecified atom stereocenters. The summed E-state index contributed by atoms with van der Waals surface area (Å²) in [7, 11) is 0. The third-order valence-corrected chi connectivity index (χ3v) is 6.70. The van der Waals surface area contributed by atoms with Gasteiger partial charge >= 0.3 is 6.03 Å². The van der Waals surface area contributed by atoms with Crippen molar-refractivity contribution in [1.82, 2.24) is 4.90 Å². The van der Waals surface area contributed by atoms with Crippen molar-refractivity contribution in [3.05, 3.63) is 53.6 Å². The minimum Gasteiger partial charge on any atom is -0.394 e. The van der Waals surface area contributed by atoms with Crippen LogP contribution in [0.2, 0.25) is 0 Å². The SMILES string of the molecule is O=C(Nc1cc2c(c(-c3cc4ccccc4s3)c1)CN=C2)N1CCC[C@@H]1CO. The van der Waals surface area contributed by atoms with Crippen molar-refractivity contribution in [3.63, 3.8) is 0 Å². The Morgan fingerprint density at radius 3 is 3.04 bits per heavy atom. The Bertz CT molecular complexity index is 1060. The van der Waals surface area contributed by atoms with Crippen LogP contribution in [0.15, 0.2) is 47.5 Å². The van der Waals surface area contributed by atoms with Gasteiger partial charge in [0.25, 0.3) is 0 Å². The Labute approximate surface area is 167 Å². The van der Waals surface area contributed by atoms with Crippen LogP contribution >= 0.6 is 11.3 Å². The molecule has 1 aromatic heterocycles. The molecule has 5 nitrogen and oxygen atoms in total. The van der Waals surface area contributed by atoms with E-state index in [1.54, 1.807) is 16.2 Å². The molecule has 3 aromatic rings. The number of aliphatic hydroxyl groups excluding tert-OH is 1. The van der Waals surface area contributed by atoms with Crippen LogP contribution in [-0.2, 0) is 6.54 Å². The molecule has 0 bridgehead atoms. The van der Waals surface area contributed by atoms with Gasteiger partial charge in [-0.3, -0.25) is 4.99 Å². The van der Waals surface area contributed by atoms with Crippen molar-refractivity contribution in [1.29, 1.82) is 0 Å². The van der Waals surface area contributed by atoms with E-state index in [0.717, 1.165) is 29.7 Å². The van der Waals surface area contributed by atoms with E-state index in [4.69, 9.17) is 0 Å². The topological polar surface area (TPSA) is 64.9 Å². The number of benzene rings is 2. The number of hydrogen-bond donors (Lipinski definition) is 2. The number of hydrogen-bond acceptors (Lipinski definition) is 4. The second-order valence-corrected chi connectivity index (χ2v) is 8.40. The Kier molecular flexibility index (Phi) is 4.37. The van der Waals surface area contributed by atoms with E-state index in [-0.39, 0.29) is 18.7 Å². The lowest BCUT2D eigenvalue weighted by molar-refractivity contribution is 0.166. The number of fused-ring (bicyclic) bond motifs is 2. The Balaban J connectivity index is 1.51. The molecule has 0 radical (unpaired) electrons. The maximum Gasteiger partial charge on any atom is 0.322 e. The highest BCUT2D eigenvalue weighted by molar-refractivity contribution is 7.22. The lowest BCUT2D eigenvalue weighted by Gasteiger charge is -2.23. The lowest BCUT2D eigenvalue weighted by atomic mass is 10.0. The van der Waals surface area contributed by atoms with E-state index in [0.29, 0.717) is 13.1 Å². The van der Waals surface area contributed by atoms with Crippen LogP contribution in [0, 0.1) is 0 Å². The molecule has 6 heteroatoms. The number of aliphatic imine (C=N–C) groups is 1. The first-order chi connectivity index (χ1) is 13.7. The Hall–Kier alpha value is -2.70. The standard InChI is InChI=1S/C22H21N3O2S/c26-13-17-5-3-7-25(17)22(27)24-16-8-15-11-23-12-19(15)18(10-16)21-9-14-4-1-2-6-20(14)28-21/h1-2,4,6,8-11,17,26H,3,5,7,12-13H2,(H,24,27)/t17-/m1/s1. The average Bonchev–Trinajstić information content (AvgIpc) is 3.44. The van der Waals surface area contributed by atoms with Crippen LogP contribution in [-0.4, -0.2) is 41.4 Å². The monoisotopic (exact) mass is 391 g/mol. The summed E-state index contributed by atoms with van der Waals surface area (Å²) in [5.74, 6) is 0. The zero-order valence-corrected chi connectivity index (χ0v) is 16.2. The molecule has 2 N–H and O–H groups in total. The summed E-state index contributed by atoms with van der Waals surface area (Å²) in [6.45, 7) is 1.37. The maximum atomic E-state index is 12.7. The van der Waals surface area contributed by atoms with E-state index < -0.39 is 0 Å². The molecular formula is C22H21N3O2S. The first kappa shape index (κ1) is 17.4. The molecule has 1 saturated heterocycles. The largest absolute Gasteiger partial charge is 0.394 e. The molecule has 1 atom stereocenters. The lowest BCUT2D eigenvalue weighted by Crippen LogP contribution is -2.40. The number of amides is 2. The summed E-state index contributed by atoms with van der Waals surface area (Å²) in [6, 6.07) is 14.4. The molecule has 28 heavy (non-hydrogen) atoms. The molecule has 142 valence electrons. The number of nitrogens with zero attached hydrogens (tertiary/aromatic N) is 2. The molecule has 2 amide bonds. The van der Waals surface area contributed by atoms with E-state index in [9.17, 15) is 9.90 Å². The van der Waals surface area contributed by atoms with Crippen molar-refractivity contribution < 1.29 is 9.90 Å². The molecule has 0 saturated carbocycles. The zero-order valence-electron chi connectivity index (χ0n) is 15.4. The van der Waals surface area contributed by atoms with Crippen LogP contribution in [0.3, 0.4) is 0 Å². The molecule has 3 heterocycles. The highest BCUT2D eigenvalue weighted by atomic mass is 32.1. The molecule has 5 rings (SSSR count). The van der Waals surface area contributed by atoms with Gasteiger partial charge in [0.2, 0.25) is 0 Å². The van der Waals surface area contributed by atoms with Gasteiger partial charge in [0.1, 0.15) is 0 Å². The zero-order chi connectivity index (χ0) is 19.1. The summed E-state index contributed by atoms with van der Waals surface area (Å²) in [5, 5.41) is 13.8. The van der Waals surface area contributed by atoms with Crippen LogP contribution < -0.4 is 5.32 Å². The molecule has 2 aliphatic rings. The van der Waals surface area contributed by atoms with Gasteiger partial charge in [-0.15, -0.1) is 11.3 Å². The number of likely N-dealkylation sites (tertiary alicyclic amines) is 1. The van der Waals surface area contributed by atoms with Gasteiger partial charge < -0.3 is 15.3 Å². The van der Waals surface area contributed by atoms with Crippen LogP contribution in [0.1, 0.15) is 24.0 Å². The predicted molar refractivity (Wildman–Crippen MR) is 114 cm³/mol. The van der Waals surface area contributed by atoms with Crippen LogP contribution in [0.25, 0.3) is 20.5 Å². The highest BCUT2D eigenvalue weighted by Gasteiger charge is 2.28. The second-order valence-electron chi connectivity index (χ2n) is 7.31. The summed E-state index contributed by atoms with van der Waals surface area (Å²) < 4.78 is 1.25. The summed E-state index contributed by atoms with van der Waals surface area (Å²) in [5.41, 5.74) is 4.17. The third-order valence-electron chi connectivity index (χ3n) is 5.56. The Morgan fingerprint density at radius 2 is 2.18 bits per heavy atom.